The molecule has 3 rings (SSSR count). The lowest BCUT2D eigenvalue weighted by molar-refractivity contribution is -0.128. The second kappa shape index (κ2) is 9.32. The number of aromatic nitrogens is 4. The van der Waals surface area contributed by atoms with Crippen LogP contribution in [0.1, 0.15) is 35.9 Å². The summed E-state index contributed by atoms with van der Waals surface area (Å²) in [5.41, 5.74) is -0.530. The number of rotatable bonds is 8. The van der Waals surface area contributed by atoms with Gasteiger partial charge in [0.05, 0.1) is 6.54 Å². The number of piperidine rings is 1. The van der Waals surface area contributed by atoms with Crippen LogP contribution < -0.4 is 10.6 Å². The van der Waals surface area contributed by atoms with Crippen LogP contribution in [0.15, 0.2) is 35.1 Å². The van der Waals surface area contributed by atoms with E-state index in [-0.39, 0.29) is 12.5 Å². The highest BCUT2D eigenvalue weighted by molar-refractivity contribution is 5.94. The molecule has 0 unspecified atom stereocenters. The first-order chi connectivity index (χ1) is 14.8. The van der Waals surface area contributed by atoms with Gasteiger partial charge in [-0.15, -0.1) is 0 Å². The van der Waals surface area contributed by atoms with Gasteiger partial charge in [0.1, 0.15) is 5.72 Å². The van der Waals surface area contributed by atoms with Crippen molar-refractivity contribution in [2.75, 3.05) is 31.6 Å². The van der Waals surface area contributed by atoms with Crippen molar-refractivity contribution in [1.29, 1.82) is 0 Å². The fourth-order valence-corrected chi connectivity index (χ4v) is 3.65. The number of ether oxygens (including phenoxy) is 1. The highest BCUT2D eigenvalue weighted by Gasteiger charge is 2.43. The lowest BCUT2D eigenvalue weighted by Crippen LogP contribution is -2.59. The molecule has 0 N–H and O–H groups in total. The monoisotopic (exact) mass is 404 g/mol. The van der Waals surface area contributed by atoms with Gasteiger partial charge in [-0.2, -0.15) is 9.36 Å². The van der Waals surface area contributed by atoms with Crippen LogP contribution in [0.25, 0.3) is 0 Å². The van der Waals surface area contributed by atoms with Crippen molar-refractivity contribution in [2.24, 2.45) is 0 Å². The number of tetrazole rings is 1. The summed E-state index contributed by atoms with van der Waals surface area (Å²) < 4.78 is 25.2. The standard InChI is InChI=1S/C20H30N6O3/c1-4-18(27)26(17-9-7-6-8-10-17)20(29-3)11-13-23(14-12-20)15-16-25-19(28)24(5-2)21-22-25/h6-10H,4-5,11-16H2,1-3H3/i15D2. The molecule has 1 aromatic heterocycles. The van der Waals surface area contributed by atoms with Crippen molar-refractivity contribution in [3.63, 3.8) is 0 Å². The molecule has 1 fully saturated rings. The van der Waals surface area contributed by atoms with Crippen molar-refractivity contribution in [3.8, 4) is 0 Å². The number of para-hydroxylation sites is 1. The van der Waals surface area contributed by atoms with Gasteiger partial charge >= 0.3 is 5.69 Å². The van der Waals surface area contributed by atoms with Gasteiger partial charge in [0, 0.05) is 60.9 Å². The normalized spacial score (nSPS) is 18.2. The Morgan fingerprint density at radius 3 is 2.41 bits per heavy atom. The van der Waals surface area contributed by atoms with Crippen LogP contribution in [-0.2, 0) is 22.6 Å². The summed E-state index contributed by atoms with van der Waals surface area (Å²) in [6.45, 7) is 2.67. The summed E-state index contributed by atoms with van der Waals surface area (Å²) in [6, 6.07) is 9.41. The summed E-state index contributed by atoms with van der Waals surface area (Å²) >= 11 is 0. The van der Waals surface area contributed by atoms with E-state index in [4.69, 9.17) is 7.48 Å². The second-order valence-corrected chi connectivity index (χ2v) is 6.95. The van der Waals surface area contributed by atoms with Crippen LogP contribution in [-0.4, -0.2) is 63.0 Å². The first kappa shape index (κ1) is 18.5. The van der Waals surface area contributed by atoms with E-state index in [1.165, 1.54) is 4.68 Å². The Hall–Kier alpha value is -2.52. The van der Waals surface area contributed by atoms with Gasteiger partial charge in [-0.3, -0.25) is 9.69 Å². The minimum Gasteiger partial charge on any atom is -0.358 e. The molecule has 2 heterocycles. The van der Waals surface area contributed by atoms with E-state index in [0.29, 0.717) is 38.9 Å². The van der Waals surface area contributed by atoms with Crippen LogP contribution in [0.5, 0.6) is 0 Å². The van der Waals surface area contributed by atoms with Gasteiger partial charge in [-0.25, -0.2) is 4.79 Å². The topological polar surface area (TPSA) is 85.5 Å². The smallest absolute Gasteiger partial charge is 0.358 e. The molecule has 9 heteroatoms. The maximum Gasteiger partial charge on any atom is 0.363 e. The predicted molar refractivity (Wildman–Crippen MR) is 110 cm³/mol. The van der Waals surface area contributed by atoms with E-state index in [2.05, 4.69) is 10.4 Å². The van der Waals surface area contributed by atoms with Gasteiger partial charge in [0.2, 0.25) is 5.91 Å². The minimum absolute atomic E-state index is 0.0488. The van der Waals surface area contributed by atoms with Crippen molar-refractivity contribution in [1.82, 2.24) is 24.7 Å². The van der Waals surface area contributed by atoms with Gasteiger partial charge in [-0.05, 0) is 29.5 Å². The number of nitrogens with zero attached hydrogens (tertiary/aromatic N) is 6. The van der Waals surface area contributed by atoms with Crippen molar-refractivity contribution >= 4 is 11.6 Å². The number of carbonyl (C=O) groups is 1. The number of hydrogen-bond donors (Lipinski definition) is 0. The van der Waals surface area contributed by atoms with Crippen LogP contribution in [0.2, 0.25) is 0 Å². The molecule has 0 atom stereocenters. The zero-order valence-corrected chi connectivity index (χ0v) is 17.2. The number of aryl methyl sites for hydroxylation is 2. The molecule has 158 valence electrons. The van der Waals surface area contributed by atoms with Crippen molar-refractivity contribution < 1.29 is 12.3 Å². The number of likely N-dealkylation sites (tertiary alicyclic amines) is 1. The Kier molecular flexibility index (Phi) is 5.95. The van der Waals surface area contributed by atoms with Gasteiger partial charge < -0.3 is 9.64 Å². The fraction of sp³-hybridized carbons (Fsp3) is 0.600. The molecule has 29 heavy (non-hydrogen) atoms. The Labute approximate surface area is 173 Å². The quantitative estimate of drug-likeness (QED) is 0.617. The average molecular weight is 405 g/mol. The zero-order valence-electron chi connectivity index (χ0n) is 19.2. The molecule has 1 aliphatic heterocycles. The second-order valence-electron chi connectivity index (χ2n) is 6.95. The largest absolute Gasteiger partial charge is 0.363 e. The van der Waals surface area contributed by atoms with E-state index < -0.39 is 17.9 Å². The van der Waals surface area contributed by atoms with E-state index in [1.54, 1.807) is 23.8 Å². The molecular weight excluding hydrogens is 372 g/mol. The molecule has 0 radical (unpaired) electrons. The fourth-order valence-electron chi connectivity index (χ4n) is 3.65. The molecule has 9 nitrogen and oxygen atoms in total. The van der Waals surface area contributed by atoms with Gasteiger partial charge in [0.25, 0.3) is 0 Å². The lowest BCUT2D eigenvalue weighted by Gasteiger charge is -2.47. The first-order valence-electron chi connectivity index (χ1n) is 11.0. The molecule has 1 amide bonds. The third kappa shape index (κ3) is 4.40. The Balaban J connectivity index is 1.79. The lowest BCUT2D eigenvalue weighted by atomic mass is 9.96. The van der Waals surface area contributed by atoms with Crippen LogP contribution in [0, 0.1) is 0 Å². The molecule has 1 aliphatic rings. The Bertz CT molecular complexity index is 938. The third-order valence-corrected chi connectivity index (χ3v) is 5.34. The first-order valence-corrected chi connectivity index (χ1v) is 9.97. The number of benzene rings is 1. The number of amides is 1. The number of methoxy groups -OCH3 is 1. The molecule has 1 aromatic carbocycles. The van der Waals surface area contributed by atoms with E-state index in [9.17, 15) is 9.59 Å². The Morgan fingerprint density at radius 1 is 1.21 bits per heavy atom. The van der Waals surface area contributed by atoms with E-state index >= 15 is 0 Å². The molecule has 0 saturated carbocycles. The predicted octanol–water partition coefficient (Wildman–Crippen LogP) is 1.34. The summed E-state index contributed by atoms with van der Waals surface area (Å²) in [5, 5.41) is 7.54. The number of anilines is 1. The summed E-state index contributed by atoms with van der Waals surface area (Å²) in [4.78, 5) is 28.5. The Morgan fingerprint density at radius 2 is 1.86 bits per heavy atom. The highest BCUT2D eigenvalue weighted by Crippen LogP contribution is 2.34. The SMILES string of the molecule is [2H]C([2H])(Cn1nnn(CC)c1=O)N1CCC(OC)(N(C(=O)CC)c2ccccc2)CC1. The third-order valence-electron chi connectivity index (χ3n) is 5.34. The number of carbonyl (C=O) groups excluding carboxylic acids is 1. The van der Waals surface area contributed by atoms with Crippen LogP contribution in [0.3, 0.4) is 0 Å². The maximum absolute atomic E-state index is 12.9. The molecule has 0 spiro atoms. The van der Waals surface area contributed by atoms with Gasteiger partial charge in [0.15, 0.2) is 0 Å². The molecule has 2 aromatic rings. The maximum atomic E-state index is 12.9. The van der Waals surface area contributed by atoms with Crippen molar-refractivity contribution in [2.45, 2.75) is 51.9 Å². The molecular formula is C20H30N6O3. The number of hydrogen-bond acceptors (Lipinski definition) is 6. The summed E-state index contributed by atoms with van der Waals surface area (Å²) in [6.07, 6.45) is 1.20. The van der Waals surface area contributed by atoms with Gasteiger partial charge in [-0.1, -0.05) is 25.1 Å². The van der Waals surface area contributed by atoms with E-state index in [0.717, 1.165) is 10.4 Å². The summed E-state index contributed by atoms with van der Waals surface area (Å²) in [7, 11) is 1.59. The molecule has 0 bridgehead atoms. The van der Waals surface area contributed by atoms with Crippen LogP contribution in [0.4, 0.5) is 5.69 Å². The molecule has 0 aliphatic carbocycles. The van der Waals surface area contributed by atoms with E-state index in [1.807, 2.05) is 37.3 Å². The minimum atomic E-state index is -1.80. The highest BCUT2D eigenvalue weighted by atomic mass is 16.5. The summed E-state index contributed by atoms with van der Waals surface area (Å²) in [5.74, 6) is -0.0488. The zero-order chi connectivity index (χ0) is 22.6. The average Bonchev–Trinajstić information content (AvgIpc) is 3.13. The van der Waals surface area contributed by atoms with Crippen molar-refractivity contribution in [3.05, 3.63) is 40.8 Å². The molecule has 1 saturated heterocycles. The van der Waals surface area contributed by atoms with Crippen LogP contribution >= 0.6 is 0 Å².